The molecule has 2 rings (SSSR count). The van der Waals surface area contributed by atoms with Crippen LogP contribution in [0.4, 0.5) is 14.5 Å². The maximum atomic E-state index is 12.1. The zero-order valence-electron chi connectivity index (χ0n) is 11.6. The SMILES string of the molecule is CS(=O)(=O)N[C@H]1CCCN(c2ccc(OC(F)F)cc2)C1. The molecule has 0 radical (unpaired) electrons. The highest BCUT2D eigenvalue weighted by atomic mass is 32.2. The maximum absolute atomic E-state index is 12.1. The Morgan fingerprint density at radius 2 is 2.00 bits per heavy atom. The number of alkyl halides is 2. The van der Waals surface area contributed by atoms with Crippen molar-refractivity contribution in [2.45, 2.75) is 25.5 Å². The van der Waals surface area contributed by atoms with E-state index in [4.69, 9.17) is 0 Å². The number of nitrogens with zero attached hydrogens (tertiary/aromatic N) is 1. The second-order valence-corrected chi connectivity index (χ2v) is 6.83. The zero-order valence-corrected chi connectivity index (χ0v) is 12.4. The van der Waals surface area contributed by atoms with Crippen molar-refractivity contribution in [2.75, 3.05) is 24.2 Å². The van der Waals surface area contributed by atoms with Gasteiger partial charge in [-0.05, 0) is 37.1 Å². The van der Waals surface area contributed by atoms with E-state index in [0.717, 1.165) is 31.3 Å². The summed E-state index contributed by atoms with van der Waals surface area (Å²) in [6, 6.07) is 6.22. The van der Waals surface area contributed by atoms with Crippen LogP contribution in [0.2, 0.25) is 0 Å². The molecule has 1 aromatic rings. The molecular formula is C13H18F2N2O3S. The van der Waals surface area contributed by atoms with Crippen LogP contribution in [0, 0.1) is 0 Å². The van der Waals surface area contributed by atoms with E-state index in [1.165, 1.54) is 12.1 Å². The lowest BCUT2D eigenvalue weighted by Gasteiger charge is -2.34. The number of halogens is 2. The lowest BCUT2D eigenvalue weighted by atomic mass is 10.1. The highest BCUT2D eigenvalue weighted by Crippen LogP contribution is 2.23. The number of hydrogen-bond acceptors (Lipinski definition) is 4. The van der Waals surface area contributed by atoms with Crippen molar-refractivity contribution in [1.82, 2.24) is 4.72 Å². The maximum Gasteiger partial charge on any atom is 0.387 e. The van der Waals surface area contributed by atoms with Gasteiger partial charge in [0.1, 0.15) is 5.75 Å². The molecule has 1 N–H and O–H groups in total. The third-order valence-electron chi connectivity index (χ3n) is 3.23. The van der Waals surface area contributed by atoms with E-state index in [1.807, 2.05) is 4.90 Å². The predicted molar refractivity (Wildman–Crippen MR) is 76.3 cm³/mol. The second kappa shape index (κ2) is 6.57. The number of benzene rings is 1. The fourth-order valence-corrected chi connectivity index (χ4v) is 3.25. The number of ether oxygens (including phenoxy) is 1. The predicted octanol–water partition coefficient (Wildman–Crippen LogP) is 1.81. The normalized spacial score (nSPS) is 19.8. The highest BCUT2D eigenvalue weighted by Gasteiger charge is 2.22. The largest absolute Gasteiger partial charge is 0.435 e. The number of rotatable bonds is 5. The first kappa shape index (κ1) is 16.0. The molecule has 1 heterocycles. The second-order valence-electron chi connectivity index (χ2n) is 5.05. The van der Waals surface area contributed by atoms with Crippen LogP contribution in [0.5, 0.6) is 5.75 Å². The summed E-state index contributed by atoms with van der Waals surface area (Å²) in [4.78, 5) is 2.03. The van der Waals surface area contributed by atoms with Crippen molar-refractivity contribution in [3.8, 4) is 5.75 Å². The molecule has 5 nitrogen and oxygen atoms in total. The lowest BCUT2D eigenvalue weighted by Crippen LogP contribution is -2.47. The molecule has 1 saturated heterocycles. The van der Waals surface area contributed by atoms with E-state index in [0.29, 0.717) is 6.54 Å². The summed E-state index contributed by atoms with van der Waals surface area (Å²) in [5.74, 6) is 0.108. The number of anilines is 1. The minimum Gasteiger partial charge on any atom is -0.435 e. The van der Waals surface area contributed by atoms with E-state index in [9.17, 15) is 17.2 Å². The molecule has 1 fully saturated rings. The van der Waals surface area contributed by atoms with E-state index in [1.54, 1.807) is 12.1 Å². The third kappa shape index (κ3) is 5.13. The van der Waals surface area contributed by atoms with Gasteiger partial charge in [-0.2, -0.15) is 8.78 Å². The van der Waals surface area contributed by atoms with Crippen LogP contribution in [-0.4, -0.2) is 40.4 Å². The van der Waals surface area contributed by atoms with Crippen LogP contribution in [-0.2, 0) is 10.0 Å². The zero-order chi connectivity index (χ0) is 15.5. The van der Waals surface area contributed by atoms with Crippen molar-refractivity contribution < 1.29 is 21.9 Å². The Balaban J connectivity index is 2.00. The minimum absolute atomic E-state index is 0.108. The van der Waals surface area contributed by atoms with Gasteiger partial charge in [-0.15, -0.1) is 0 Å². The summed E-state index contributed by atoms with van der Waals surface area (Å²) in [6.07, 6.45) is 2.79. The Bertz CT molecular complexity index is 563. The summed E-state index contributed by atoms with van der Waals surface area (Å²) < 4.78 is 53.6. The molecule has 1 aliphatic rings. The molecule has 1 aliphatic heterocycles. The summed E-state index contributed by atoms with van der Waals surface area (Å²) >= 11 is 0. The Hall–Kier alpha value is -1.41. The molecule has 0 aliphatic carbocycles. The van der Waals surface area contributed by atoms with Crippen LogP contribution < -0.4 is 14.4 Å². The Morgan fingerprint density at radius 3 is 2.57 bits per heavy atom. The van der Waals surface area contributed by atoms with Crippen LogP contribution in [0.1, 0.15) is 12.8 Å². The average Bonchev–Trinajstić information content (AvgIpc) is 2.37. The molecule has 0 bridgehead atoms. The topological polar surface area (TPSA) is 58.6 Å². The first-order chi connectivity index (χ1) is 9.83. The molecular weight excluding hydrogens is 302 g/mol. The van der Waals surface area contributed by atoms with E-state index in [2.05, 4.69) is 9.46 Å². The van der Waals surface area contributed by atoms with Gasteiger partial charge in [-0.1, -0.05) is 0 Å². The molecule has 21 heavy (non-hydrogen) atoms. The molecule has 0 amide bonds. The van der Waals surface area contributed by atoms with Crippen molar-refractivity contribution in [3.05, 3.63) is 24.3 Å². The van der Waals surface area contributed by atoms with E-state index < -0.39 is 16.6 Å². The molecule has 0 saturated carbocycles. The Labute approximate surface area is 122 Å². The van der Waals surface area contributed by atoms with Gasteiger partial charge < -0.3 is 9.64 Å². The molecule has 0 unspecified atom stereocenters. The minimum atomic E-state index is -3.23. The smallest absolute Gasteiger partial charge is 0.387 e. The summed E-state index contributed by atoms with van der Waals surface area (Å²) in [5.41, 5.74) is 0.858. The molecule has 1 aromatic carbocycles. The van der Waals surface area contributed by atoms with Gasteiger partial charge in [0.25, 0.3) is 0 Å². The molecule has 0 aromatic heterocycles. The van der Waals surface area contributed by atoms with Crippen LogP contribution >= 0.6 is 0 Å². The van der Waals surface area contributed by atoms with Gasteiger partial charge >= 0.3 is 6.61 Å². The molecule has 118 valence electrons. The van der Waals surface area contributed by atoms with Gasteiger partial charge in [0.15, 0.2) is 0 Å². The van der Waals surface area contributed by atoms with E-state index >= 15 is 0 Å². The van der Waals surface area contributed by atoms with Crippen LogP contribution in [0.3, 0.4) is 0 Å². The first-order valence-corrected chi connectivity index (χ1v) is 8.50. The van der Waals surface area contributed by atoms with E-state index in [-0.39, 0.29) is 11.8 Å². The fourth-order valence-electron chi connectivity index (χ4n) is 2.45. The summed E-state index contributed by atoms with van der Waals surface area (Å²) in [6.45, 7) is -1.48. The van der Waals surface area contributed by atoms with Gasteiger partial charge in [0.05, 0.1) is 6.26 Å². The Morgan fingerprint density at radius 1 is 1.33 bits per heavy atom. The van der Waals surface area contributed by atoms with Gasteiger partial charge in [0, 0.05) is 24.8 Å². The van der Waals surface area contributed by atoms with Gasteiger partial charge in [-0.3, -0.25) is 0 Å². The molecule has 0 spiro atoms. The van der Waals surface area contributed by atoms with Gasteiger partial charge in [0.2, 0.25) is 10.0 Å². The lowest BCUT2D eigenvalue weighted by molar-refractivity contribution is -0.0498. The average molecular weight is 320 g/mol. The van der Waals surface area contributed by atoms with Crippen LogP contribution in [0.15, 0.2) is 24.3 Å². The van der Waals surface area contributed by atoms with Crippen molar-refractivity contribution >= 4 is 15.7 Å². The standard InChI is InChI=1S/C13H18F2N2O3S/c1-21(18,19)16-10-3-2-8-17(9-10)11-4-6-12(7-5-11)20-13(14)15/h4-7,10,13,16H,2-3,8-9H2,1H3/t10-/m0/s1. The first-order valence-electron chi connectivity index (χ1n) is 6.60. The van der Waals surface area contributed by atoms with Gasteiger partial charge in [-0.25, -0.2) is 13.1 Å². The van der Waals surface area contributed by atoms with Crippen molar-refractivity contribution in [1.29, 1.82) is 0 Å². The summed E-state index contributed by atoms with van der Waals surface area (Å²) in [7, 11) is -3.23. The third-order valence-corrected chi connectivity index (χ3v) is 3.99. The van der Waals surface area contributed by atoms with Crippen molar-refractivity contribution in [3.63, 3.8) is 0 Å². The number of nitrogens with one attached hydrogen (secondary N) is 1. The monoisotopic (exact) mass is 320 g/mol. The van der Waals surface area contributed by atoms with Crippen molar-refractivity contribution in [2.24, 2.45) is 0 Å². The molecule has 1 atom stereocenters. The fraction of sp³-hybridized carbons (Fsp3) is 0.538. The highest BCUT2D eigenvalue weighted by molar-refractivity contribution is 7.88. The quantitative estimate of drug-likeness (QED) is 0.899. The van der Waals surface area contributed by atoms with Crippen LogP contribution in [0.25, 0.3) is 0 Å². The number of sulfonamides is 1. The number of piperidine rings is 1. The summed E-state index contributed by atoms with van der Waals surface area (Å²) in [5, 5.41) is 0. The molecule has 8 heteroatoms. The Kier molecular flexibility index (Phi) is 5.00. The number of hydrogen-bond donors (Lipinski definition) is 1.